The molecule has 0 saturated carbocycles. The van der Waals surface area contributed by atoms with Crippen LogP contribution in [0.2, 0.25) is 5.02 Å². The molecule has 0 aliphatic carbocycles. The van der Waals surface area contributed by atoms with Gasteiger partial charge >= 0.3 is 0 Å². The van der Waals surface area contributed by atoms with Gasteiger partial charge in [0, 0.05) is 17.1 Å². The molecule has 0 fully saturated rings. The van der Waals surface area contributed by atoms with E-state index in [1.807, 2.05) is 29.9 Å². The molecular weight excluding hydrogens is 282 g/mol. The maximum atomic E-state index is 6.25. The molecule has 1 N–H and O–H groups in total. The minimum absolute atomic E-state index is 0.408. The summed E-state index contributed by atoms with van der Waals surface area (Å²) in [6, 6.07) is 6.10. The fourth-order valence-corrected chi connectivity index (χ4v) is 2.64. The van der Waals surface area contributed by atoms with E-state index in [0.717, 1.165) is 35.8 Å². The van der Waals surface area contributed by atoms with Gasteiger partial charge in [-0.25, -0.2) is 4.68 Å². The predicted molar refractivity (Wildman–Crippen MR) is 89.4 cm³/mol. The third kappa shape index (κ3) is 3.66. The van der Waals surface area contributed by atoms with Gasteiger partial charge in [-0.2, -0.15) is 5.10 Å². The summed E-state index contributed by atoms with van der Waals surface area (Å²) >= 11 is 6.25. The normalized spacial score (nSPS) is 11.3. The van der Waals surface area contributed by atoms with E-state index in [9.17, 15) is 0 Å². The fourth-order valence-electron chi connectivity index (χ4n) is 2.46. The smallest absolute Gasteiger partial charge is 0.0664 e. The minimum atomic E-state index is 0.408. The van der Waals surface area contributed by atoms with Crippen molar-refractivity contribution in [3.63, 3.8) is 0 Å². The Morgan fingerprint density at radius 3 is 2.71 bits per heavy atom. The first-order valence-corrected chi connectivity index (χ1v) is 7.96. The third-order valence-corrected chi connectivity index (χ3v) is 3.98. The summed E-state index contributed by atoms with van der Waals surface area (Å²) in [5.74, 6) is 0.408. The first-order valence-electron chi connectivity index (χ1n) is 7.58. The van der Waals surface area contributed by atoms with Crippen molar-refractivity contribution in [2.45, 2.75) is 46.6 Å². The van der Waals surface area contributed by atoms with Gasteiger partial charge in [0.1, 0.15) is 0 Å². The average Bonchev–Trinajstić information content (AvgIpc) is 2.86. The Bertz CT molecular complexity index is 602. The van der Waals surface area contributed by atoms with Crippen LogP contribution >= 0.6 is 11.6 Å². The highest BCUT2D eigenvalue weighted by molar-refractivity contribution is 6.31. The molecule has 21 heavy (non-hydrogen) atoms. The molecule has 4 heteroatoms. The molecule has 0 radical (unpaired) electrons. The molecule has 0 unspecified atom stereocenters. The summed E-state index contributed by atoms with van der Waals surface area (Å²) in [6.07, 6.45) is 3.10. The Morgan fingerprint density at radius 1 is 1.33 bits per heavy atom. The van der Waals surface area contributed by atoms with E-state index in [2.05, 4.69) is 37.3 Å². The maximum Gasteiger partial charge on any atom is 0.0664 e. The molecular formula is C17H24ClN3. The molecule has 1 aromatic heterocycles. The molecule has 0 aliphatic heterocycles. The standard InChI is InChI=1S/C17H24ClN3/c1-5-8-19-10-14-11-20-21(17(14)12(2)3)15-7-6-13(4)16(18)9-15/h6-7,9,11-12,19H,5,8,10H2,1-4H3. The Labute approximate surface area is 132 Å². The van der Waals surface area contributed by atoms with Gasteiger partial charge in [0.25, 0.3) is 0 Å². The average molecular weight is 306 g/mol. The van der Waals surface area contributed by atoms with Crippen molar-refractivity contribution in [3.8, 4) is 5.69 Å². The highest BCUT2D eigenvalue weighted by atomic mass is 35.5. The molecule has 1 heterocycles. The van der Waals surface area contributed by atoms with E-state index in [1.165, 1.54) is 11.3 Å². The summed E-state index contributed by atoms with van der Waals surface area (Å²) < 4.78 is 2.01. The van der Waals surface area contributed by atoms with Gasteiger partial charge in [0.15, 0.2) is 0 Å². The van der Waals surface area contributed by atoms with Crippen LogP contribution in [0, 0.1) is 6.92 Å². The number of nitrogens with zero attached hydrogens (tertiary/aromatic N) is 2. The van der Waals surface area contributed by atoms with Gasteiger partial charge in [-0.3, -0.25) is 0 Å². The van der Waals surface area contributed by atoms with Crippen LogP contribution in [0.25, 0.3) is 5.69 Å². The van der Waals surface area contributed by atoms with Crippen molar-refractivity contribution < 1.29 is 0 Å². The minimum Gasteiger partial charge on any atom is -0.313 e. The topological polar surface area (TPSA) is 29.9 Å². The van der Waals surface area contributed by atoms with Crippen molar-refractivity contribution in [2.75, 3.05) is 6.54 Å². The number of aromatic nitrogens is 2. The van der Waals surface area contributed by atoms with Crippen LogP contribution in [0.5, 0.6) is 0 Å². The fraction of sp³-hybridized carbons (Fsp3) is 0.471. The van der Waals surface area contributed by atoms with Gasteiger partial charge in [0.2, 0.25) is 0 Å². The first kappa shape index (κ1) is 16.1. The van der Waals surface area contributed by atoms with Gasteiger partial charge in [-0.05, 0) is 43.5 Å². The molecule has 3 nitrogen and oxygen atoms in total. The van der Waals surface area contributed by atoms with Crippen LogP contribution in [-0.4, -0.2) is 16.3 Å². The number of hydrogen-bond donors (Lipinski definition) is 1. The number of nitrogens with one attached hydrogen (secondary N) is 1. The van der Waals surface area contributed by atoms with Crippen LogP contribution in [0.4, 0.5) is 0 Å². The van der Waals surface area contributed by atoms with Crippen molar-refractivity contribution in [2.24, 2.45) is 0 Å². The zero-order chi connectivity index (χ0) is 15.4. The second-order valence-electron chi connectivity index (χ2n) is 5.73. The van der Waals surface area contributed by atoms with Crippen LogP contribution < -0.4 is 5.32 Å². The molecule has 0 saturated heterocycles. The van der Waals surface area contributed by atoms with E-state index in [0.29, 0.717) is 5.92 Å². The Kier molecular flexibility index (Phi) is 5.43. The predicted octanol–water partition coefficient (Wildman–Crippen LogP) is 4.46. The lowest BCUT2D eigenvalue weighted by molar-refractivity contribution is 0.658. The lowest BCUT2D eigenvalue weighted by Gasteiger charge is -2.14. The highest BCUT2D eigenvalue weighted by Gasteiger charge is 2.15. The lowest BCUT2D eigenvalue weighted by Crippen LogP contribution is -2.15. The SMILES string of the molecule is CCCNCc1cnn(-c2ccc(C)c(Cl)c2)c1C(C)C. The number of rotatable bonds is 6. The summed E-state index contributed by atoms with van der Waals surface area (Å²) in [6.45, 7) is 10.5. The van der Waals surface area contributed by atoms with Crippen molar-refractivity contribution in [1.29, 1.82) is 0 Å². The van der Waals surface area contributed by atoms with Gasteiger partial charge in [-0.1, -0.05) is 38.4 Å². The third-order valence-electron chi connectivity index (χ3n) is 3.58. The van der Waals surface area contributed by atoms with Crippen molar-refractivity contribution in [3.05, 3.63) is 46.2 Å². The summed E-state index contributed by atoms with van der Waals surface area (Å²) in [7, 11) is 0. The summed E-state index contributed by atoms with van der Waals surface area (Å²) in [4.78, 5) is 0. The zero-order valence-electron chi connectivity index (χ0n) is 13.3. The highest BCUT2D eigenvalue weighted by Crippen LogP contribution is 2.25. The van der Waals surface area contributed by atoms with E-state index in [1.54, 1.807) is 0 Å². The monoisotopic (exact) mass is 305 g/mol. The second-order valence-corrected chi connectivity index (χ2v) is 6.14. The van der Waals surface area contributed by atoms with Crippen LogP contribution in [0.15, 0.2) is 24.4 Å². The van der Waals surface area contributed by atoms with Crippen LogP contribution in [-0.2, 0) is 6.54 Å². The largest absolute Gasteiger partial charge is 0.313 e. The lowest BCUT2D eigenvalue weighted by atomic mass is 10.1. The van der Waals surface area contributed by atoms with Crippen LogP contribution in [0.3, 0.4) is 0 Å². The molecule has 0 bridgehead atoms. The van der Waals surface area contributed by atoms with E-state index >= 15 is 0 Å². The molecule has 114 valence electrons. The molecule has 0 atom stereocenters. The summed E-state index contributed by atoms with van der Waals surface area (Å²) in [5.41, 5.74) is 4.62. The summed E-state index contributed by atoms with van der Waals surface area (Å²) in [5, 5.41) is 8.81. The van der Waals surface area contributed by atoms with Gasteiger partial charge in [-0.15, -0.1) is 0 Å². The van der Waals surface area contributed by atoms with E-state index < -0.39 is 0 Å². The number of benzene rings is 1. The maximum absolute atomic E-state index is 6.25. The van der Waals surface area contributed by atoms with Gasteiger partial charge < -0.3 is 5.32 Å². The Hall–Kier alpha value is -1.32. The second kappa shape index (κ2) is 7.10. The van der Waals surface area contributed by atoms with E-state index in [4.69, 9.17) is 11.6 Å². The van der Waals surface area contributed by atoms with Crippen molar-refractivity contribution >= 4 is 11.6 Å². The number of halogens is 1. The van der Waals surface area contributed by atoms with Crippen molar-refractivity contribution in [1.82, 2.24) is 15.1 Å². The van der Waals surface area contributed by atoms with E-state index in [-0.39, 0.29) is 0 Å². The molecule has 0 spiro atoms. The molecule has 2 rings (SSSR count). The first-order chi connectivity index (χ1) is 10.0. The molecule has 2 aromatic rings. The Balaban J connectivity index is 2.36. The van der Waals surface area contributed by atoms with Gasteiger partial charge in [0.05, 0.1) is 17.6 Å². The zero-order valence-corrected chi connectivity index (χ0v) is 14.0. The molecule has 0 aliphatic rings. The Morgan fingerprint density at radius 2 is 2.10 bits per heavy atom. The molecule has 0 amide bonds. The molecule has 1 aromatic carbocycles. The van der Waals surface area contributed by atoms with Crippen LogP contribution in [0.1, 0.15) is 49.9 Å². The quantitative estimate of drug-likeness (QED) is 0.799. The number of hydrogen-bond acceptors (Lipinski definition) is 2. The number of aryl methyl sites for hydroxylation is 1.